The molecule has 0 heterocycles. The number of hydrogen-bond acceptors (Lipinski definition) is 2. The zero-order valence-corrected chi connectivity index (χ0v) is 15.4. The molecule has 24 heavy (non-hydrogen) atoms. The number of hydrogen-bond donors (Lipinski definition) is 2. The van der Waals surface area contributed by atoms with E-state index in [0.717, 1.165) is 25.7 Å². The van der Waals surface area contributed by atoms with Crippen molar-refractivity contribution >= 4 is 11.9 Å². The molecule has 1 rings (SSSR count). The molecule has 0 bridgehead atoms. The maximum absolute atomic E-state index is 11.5. The van der Waals surface area contributed by atoms with Gasteiger partial charge in [-0.15, -0.1) is 0 Å². The lowest BCUT2D eigenvalue weighted by Crippen LogP contribution is -2.33. The van der Waals surface area contributed by atoms with E-state index in [0.29, 0.717) is 12.8 Å². The van der Waals surface area contributed by atoms with Gasteiger partial charge in [0.25, 0.3) is 0 Å². The highest BCUT2D eigenvalue weighted by Gasteiger charge is 2.38. The molecule has 0 amide bonds. The zero-order chi connectivity index (χ0) is 17.9. The van der Waals surface area contributed by atoms with E-state index in [4.69, 9.17) is 0 Å². The molecular weight excluding hydrogens is 304 g/mol. The average molecular weight is 338 g/mol. The van der Waals surface area contributed by atoms with Gasteiger partial charge in [-0.1, -0.05) is 63.5 Å². The Labute approximate surface area is 146 Å². The molecule has 0 aromatic rings. The smallest absolute Gasteiger partial charge is 0.307 e. The van der Waals surface area contributed by atoms with Gasteiger partial charge in [-0.25, -0.2) is 0 Å². The van der Waals surface area contributed by atoms with Crippen LogP contribution in [-0.2, 0) is 9.59 Å². The maximum Gasteiger partial charge on any atom is 0.307 e. The first-order valence-corrected chi connectivity index (χ1v) is 9.66. The largest absolute Gasteiger partial charge is 0.481 e. The van der Waals surface area contributed by atoms with Crippen LogP contribution in [0, 0.1) is 11.8 Å². The molecule has 138 valence electrons. The van der Waals surface area contributed by atoms with Crippen LogP contribution in [-0.4, -0.2) is 22.2 Å². The quantitative estimate of drug-likeness (QED) is 0.368. The number of allylic oxidation sites excluding steroid dienone is 2. The van der Waals surface area contributed by atoms with Crippen LogP contribution in [0.15, 0.2) is 11.1 Å². The van der Waals surface area contributed by atoms with Crippen molar-refractivity contribution in [2.75, 3.05) is 0 Å². The van der Waals surface area contributed by atoms with E-state index < -0.39 is 23.8 Å². The summed E-state index contributed by atoms with van der Waals surface area (Å²) in [7, 11) is 0. The van der Waals surface area contributed by atoms with Crippen molar-refractivity contribution < 1.29 is 19.8 Å². The van der Waals surface area contributed by atoms with Gasteiger partial charge in [0, 0.05) is 0 Å². The van der Waals surface area contributed by atoms with Crippen LogP contribution < -0.4 is 0 Å². The van der Waals surface area contributed by atoms with Crippen molar-refractivity contribution in [3.63, 3.8) is 0 Å². The van der Waals surface area contributed by atoms with Crippen molar-refractivity contribution in [1.82, 2.24) is 0 Å². The van der Waals surface area contributed by atoms with E-state index in [1.54, 1.807) is 0 Å². The summed E-state index contributed by atoms with van der Waals surface area (Å²) in [4.78, 5) is 23.0. The van der Waals surface area contributed by atoms with Crippen LogP contribution in [0.25, 0.3) is 0 Å². The third-order valence-corrected chi connectivity index (χ3v) is 5.22. The lowest BCUT2D eigenvalue weighted by Gasteiger charge is -2.30. The van der Waals surface area contributed by atoms with Gasteiger partial charge < -0.3 is 10.2 Å². The number of carboxylic acids is 2. The Morgan fingerprint density at radius 1 is 0.750 bits per heavy atom. The lowest BCUT2D eigenvalue weighted by atomic mass is 9.73. The van der Waals surface area contributed by atoms with Gasteiger partial charge in [0.1, 0.15) is 0 Å². The first-order valence-electron chi connectivity index (χ1n) is 9.66. The van der Waals surface area contributed by atoms with E-state index in [-0.39, 0.29) is 0 Å². The van der Waals surface area contributed by atoms with Gasteiger partial charge in [-0.3, -0.25) is 9.59 Å². The van der Waals surface area contributed by atoms with Gasteiger partial charge in [0.05, 0.1) is 11.8 Å². The summed E-state index contributed by atoms with van der Waals surface area (Å²) in [5.74, 6) is -3.44. The lowest BCUT2D eigenvalue weighted by molar-refractivity contribution is -0.154. The summed E-state index contributed by atoms with van der Waals surface area (Å²) in [5, 5.41) is 18.9. The second-order valence-corrected chi connectivity index (χ2v) is 7.13. The molecule has 0 aromatic carbocycles. The van der Waals surface area contributed by atoms with E-state index in [9.17, 15) is 19.8 Å². The number of carbonyl (C=O) groups is 2. The molecular formula is C20H34O4. The van der Waals surface area contributed by atoms with Gasteiger partial charge in [0.15, 0.2) is 0 Å². The Balaban J connectivity index is 2.81. The highest BCUT2D eigenvalue weighted by Crippen LogP contribution is 2.39. The van der Waals surface area contributed by atoms with Crippen molar-refractivity contribution in [1.29, 1.82) is 0 Å². The molecule has 0 fully saturated rings. The second kappa shape index (κ2) is 11.3. The monoisotopic (exact) mass is 338 g/mol. The van der Waals surface area contributed by atoms with Crippen molar-refractivity contribution in [3.8, 4) is 0 Å². The molecule has 1 aliphatic carbocycles. The molecule has 4 heteroatoms. The first-order chi connectivity index (χ1) is 11.5. The predicted molar refractivity (Wildman–Crippen MR) is 96.0 cm³/mol. The normalized spacial score (nSPS) is 21.1. The molecule has 0 spiro atoms. The highest BCUT2D eigenvalue weighted by atomic mass is 16.4. The Kier molecular flexibility index (Phi) is 9.73. The summed E-state index contributed by atoms with van der Waals surface area (Å²) >= 11 is 0. The molecule has 0 saturated heterocycles. The summed E-state index contributed by atoms with van der Waals surface area (Å²) in [6, 6.07) is 0. The third-order valence-electron chi connectivity index (χ3n) is 5.22. The standard InChI is InChI=1S/C20H34O4/c1-3-5-7-9-11-15-13-17(19(21)22)18(20(23)24)14-16(15)12-10-8-6-4-2/h17-18H,3-14H2,1-2H3,(H,21,22)(H,23,24). The molecule has 0 aromatic heterocycles. The molecule has 2 N–H and O–H groups in total. The third kappa shape index (κ3) is 6.66. The summed E-state index contributed by atoms with van der Waals surface area (Å²) in [6.07, 6.45) is 12.0. The first kappa shape index (κ1) is 20.7. The van der Waals surface area contributed by atoms with Crippen LogP contribution in [0.5, 0.6) is 0 Å². The summed E-state index contributed by atoms with van der Waals surface area (Å²) in [5.41, 5.74) is 2.49. The fourth-order valence-corrected chi connectivity index (χ4v) is 3.71. The summed E-state index contributed by atoms with van der Waals surface area (Å²) < 4.78 is 0. The molecule has 0 saturated carbocycles. The van der Waals surface area contributed by atoms with Crippen LogP contribution in [0.3, 0.4) is 0 Å². The van der Waals surface area contributed by atoms with Crippen LogP contribution in [0.2, 0.25) is 0 Å². The Hall–Kier alpha value is -1.32. The van der Waals surface area contributed by atoms with Gasteiger partial charge >= 0.3 is 11.9 Å². The number of aliphatic carboxylic acids is 2. The Morgan fingerprint density at radius 3 is 1.42 bits per heavy atom. The fourth-order valence-electron chi connectivity index (χ4n) is 3.71. The fraction of sp³-hybridized carbons (Fsp3) is 0.800. The summed E-state index contributed by atoms with van der Waals surface area (Å²) in [6.45, 7) is 4.36. The van der Waals surface area contributed by atoms with Crippen molar-refractivity contribution in [2.24, 2.45) is 11.8 Å². The zero-order valence-electron chi connectivity index (χ0n) is 15.4. The Morgan fingerprint density at radius 2 is 1.12 bits per heavy atom. The second-order valence-electron chi connectivity index (χ2n) is 7.13. The minimum absolute atomic E-state index is 0.432. The SMILES string of the molecule is CCCCCCC1=C(CCCCCC)CC(C(=O)O)C(C(=O)O)C1. The van der Waals surface area contributed by atoms with Gasteiger partial charge in [0.2, 0.25) is 0 Å². The topological polar surface area (TPSA) is 74.6 Å². The molecule has 2 atom stereocenters. The molecule has 4 nitrogen and oxygen atoms in total. The van der Waals surface area contributed by atoms with Crippen LogP contribution in [0.1, 0.15) is 90.9 Å². The predicted octanol–water partition coefficient (Wildman–Crippen LogP) is 5.42. The highest BCUT2D eigenvalue weighted by molar-refractivity contribution is 5.81. The van der Waals surface area contributed by atoms with E-state index in [1.165, 1.54) is 49.7 Å². The van der Waals surface area contributed by atoms with Crippen LogP contribution in [0.4, 0.5) is 0 Å². The Bertz CT molecular complexity index is 399. The minimum atomic E-state index is -0.960. The van der Waals surface area contributed by atoms with Crippen molar-refractivity contribution in [3.05, 3.63) is 11.1 Å². The molecule has 0 radical (unpaired) electrons. The van der Waals surface area contributed by atoms with Gasteiger partial charge in [-0.2, -0.15) is 0 Å². The van der Waals surface area contributed by atoms with E-state index >= 15 is 0 Å². The average Bonchev–Trinajstić information content (AvgIpc) is 2.55. The molecule has 1 aliphatic rings. The minimum Gasteiger partial charge on any atom is -0.481 e. The van der Waals surface area contributed by atoms with Crippen LogP contribution >= 0.6 is 0 Å². The molecule has 0 aliphatic heterocycles. The number of rotatable bonds is 12. The van der Waals surface area contributed by atoms with Crippen molar-refractivity contribution in [2.45, 2.75) is 90.9 Å². The van der Waals surface area contributed by atoms with E-state index in [2.05, 4.69) is 13.8 Å². The van der Waals surface area contributed by atoms with Gasteiger partial charge in [-0.05, 0) is 38.5 Å². The van der Waals surface area contributed by atoms with E-state index in [1.807, 2.05) is 0 Å². The number of carboxylic acid groups (broad SMARTS) is 2. The maximum atomic E-state index is 11.5. The number of unbranched alkanes of at least 4 members (excludes halogenated alkanes) is 6. The molecule has 2 unspecified atom stereocenters.